The van der Waals surface area contributed by atoms with Crippen molar-refractivity contribution in [2.75, 3.05) is 0 Å². The number of nitro groups is 1. The van der Waals surface area contributed by atoms with Crippen LogP contribution in [0.15, 0.2) is 74.5 Å². The Morgan fingerprint density at radius 3 is 2.67 bits per heavy atom. The average Bonchev–Trinajstić information content (AvgIpc) is 3.29. The number of amides is 2. The second-order valence-electron chi connectivity index (χ2n) is 6.41. The Bertz CT molecular complexity index is 1200. The average molecular weight is 485 g/mol. The molecule has 4 rings (SSSR count). The van der Waals surface area contributed by atoms with Crippen molar-refractivity contribution in [1.82, 2.24) is 4.90 Å². The molecule has 1 aromatic heterocycles. The van der Waals surface area contributed by atoms with E-state index in [1.165, 1.54) is 24.3 Å². The number of carbonyl (C=O) groups is 2. The summed E-state index contributed by atoms with van der Waals surface area (Å²) in [4.78, 5) is 36.7. The van der Waals surface area contributed by atoms with E-state index in [2.05, 4.69) is 15.9 Å². The lowest BCUT2D eigenvalue weighted by Crippen LogP contribution is -2.27. The second kappa shape index (κ2) is 8.29. The fourth-order valence-corrected chi connectivity index (χ4v) is 4.16. The van der Waals surface area contributed by atoms with Crippen molar-refractivity contribution in [2.24, 2.45) is 0 Å². The first-order valence-electron chi connectivity index (χ1n) is 8.75. The van der Waals surface area contributed by atoms with E-state index in [0.717, 1.165) is 26.7 Å². The lowest BCUT2D eigenvalue weighted by atomic mass is 10.2. The number of non-ortho nitro benzene ring substituents is 1. The van der Waals surface area contributed by atoms with Gasteiger partial charge in [0.05, 0.1) is 16.4 Å². The molecule has 2 aromatic carbocycles. The third-order valence-electron chi connectivity index (χ3n) is 4.34. The number of hydrogen-bond donors (Lipinski definition) is 0. The van der Waals surface area contributed by atoms with E-state index in [9.17, 15) is 19.7 Å². The molecule has 2 amide bonds. The van der Waals surface area contributed by atoms with Gasteiger partial charge in [-0.05, 0) is 41.6 Å². The van der Waals surface area contributed by atoms with Crippen LogP contribution in [0, 0.1) is 10.1 Å². The molecular weight excluding hydrogens is 472 g/mol. The SMILES string of the molecule is O=C1S/C(=C/c2ccc(-c3cccc(Br)c3)o2)C(=O)N1Cc1cccc([N+](=O)[O-])c1. The molecule has 0 saturated carbocycles. The summed E-state index contributed by atoms with van der Waals surface area (Å²) in [6.07, 6.45) is 1.53. The first-order valence-corrected chi connectivity index (χ1v) is 10.4. The van der Waals surface area contributed by atoms with Crippen molar-refractivity contribution < 1.29 is 18.9 Å². The maximum Gasteiger partial charge on any atom is 0.293 e. The summed E-state index contributed by atoms with van der Waals surface area (Å²) in [7, 11) is 0. The molecule has 1 aliphatic heterocycles. The van der Waals surface area contributed by atoms with Crippen molar-refractivity contribution in [2.45, 2.75) is 6.54 Å². The fraction of sp³-hybridized carbons (Fsp3) is 0.0476. The van der Waals surface area contributed by atoms with E-state index in [-0.39, 0.29) is 17.1 Å². The van der Waals surface area contributed by atoms with Gasteiger partial charge < -0.3 is 4.42 Å². The molecular formula is C21H13BrN2O5S. The summed E-state index contributed by atoms with van der Waals surface area (Å²) in [5, 5.41) is 10.5. The number of nitro benzene ring substituents is 1. The summed E-state index contributed by atoms with van der Waals surface area (Å²) in [6, 6.07) is 17.0. The molecule has 30 heavy (non-hydrogen) atoms. The molecule has 3 aromatic rings. The van der Waals surface area contributed by atoms with Crippen LogP contribution in [0.5, 0.6) is 0 Å². The van der Waals surface area contributed by atoms with Gasteiger partial charge in [0.15, 0.2) is 0 Å². The van der Waals surface area contributed by atoms with Gasteiger partial charge in [0.2, 0.25) is 0 Å². The maximum absolute atomic E-state index is 12.7. The minimum atomic E-state index is -0.517. The van der Waals surface area contributed by atoms with Crippen LogP contribution in [0.3, 0.4) is 0 Å². The molecule has 0 aliphatic carbocycles. The first-order chi connectivity index (χ1) is 14.4. The molecule has 2 heterocycles. The number of hydrogen-bond acceptors (Lipinski definition) is 6. The lowest BCUT2D eigenvalue weighted by molar-refractivity contribution is -0.384. The third-order valence-corrected chi connectivity index (χ3v) is 5.75. The highest BCUT2D eigenvalue weighted by atomic mass is 79.9. The van der Waals surface area contributed by atoms with E-state index >= 15 is 0 Å². The van der Waals surface area contributed by atoms with Crippen LogP contribution in [0.25, 0.3) is 17.4 Å². The second-order valence-corrected chi connectivity index (χ2v) is 8.32. The molecule has 9 heteroatoms. The van der Waals surface area contributed by atoms with Gasteiger partial charge >= 0.3 is 0 Å². The number of halogens is 1. The molecule has 1 aliphatic rings. The van der Waals surface area contributed by atoms with Crippen molar-refractivity contribution in [3.8, 4) is 11.3 Å². The molecule has 0 atom stereocenters. The Hall–Kier alpha value is -3.17. The monoisotopic (exact) mass is 484 g/mol. The summed E-state index contributed by atoms with van der Waals surface area (Å²) in [6.45, 7) is -0.0366. The van der Waals surface area contributed by atoms with Gasteiger partial charge in [0.25, 0.3) is 16.8 Å². The van der Waals surface area contributed by atoms with Crippen molar-refractivity contribution >= 4 is 50.6 Å². The van der Waals surface area contributed by atoms with Crippen molar-refractivity contribution in [1.29, 1.82) is 0 Å². The fourth-order valence-electron chi connectivity index (χ4n) is 2.94. The summed E-state index contributed by atoms with van der Waals surface area (Å²) in [5.41, 5.74) is 1.29. The maximum atomic E-state index is 12.7. The standard InChI is InChI=1S/C21H13BrN2O5S/c22-15-5-2-4-14(10-15)18-8-7-17(29-18)11-19-20(25)23(21(26)30-19)12-13-3-1-6-16(9-13)24(27)28/h1-11H,12H2/b19-11+. The molecule has 0 N–H and O–H groups in total. The van der Waals surface area contributed by atoms with Crippen LogP contribution in [0.2, 0.25) is 0 Å². The van der Waals surface area contributed by atoms with Crippen molar-refractivity contribution in [3.05, 3.63) is 91.5 Å². The van der Waals surface area contributed by atoms with Crippen LogP contribution in [0.4, 0.5) is 10.5 Å². The molecule has 150 valence electrons. The number of thioether (sulfide) groups is 1. The number of carbonyl (C=O) groups excluding carboxylic acids is 2. The summed E-state index contributed by atoms with van der Waals surface area (Å²) >= 11 is 4.23. The molecule has 0 bridgehead atoms. The predicted octanol–water partition coefficient (Wildman–Crippen LogP) is 5.85. The van der Waals surface area contributed by atoms with Gasteiger partial charge in [-0.25, -0.2) is 0 Å². The Labute approximate surface area is 183 Å². The Kier molecular flexibility index (Phi) is 5.56. The molecule has 0 unspecified atom stereocenters. The van der Waals surface area contributed by atoms with Gasteiger partial charge in [-0.15, -0.1) is 0 Å². The van der Waals surface area contributed by atoms with Gasteiger partial charge in [-0.3, -0.25) is 24.6 Å². The number of benzene rings is 2. The number of imide groups is 1. The largest absolute Gasteiger partial charge is 0.457 e. The number of rotatable bonds is 5. The zero-order chi connectivity index (χ0) is 21.3. The Balaban J connectivity index is 1.53. The van der Waals surface area contributed by atoms with Crippen LogP contribution in [-0.2, 0) is 11.3 Å². The van der Waals surface area contributed by atoms with Crippen LogP contribution in [0.1, 0.15) is 11.3 Å². The number of furan rings is 1. The molecule has 0 radical (unpaired) electrons. The van der Waals surface area contributed by atoms with Gasteiger partial charge in [0.1, 0.15) is 11.5 Å². The molecule has 7 nitrogen and oxygen atoms in total. The van der Waals surface area contributed by atoms with Crippen molar-refractivity contribution in [3.63, 3.8) is 0 Å². The van der Waals surface area contributed by atoms with Crippen LogP contribution >= 0.6 is 27.7 Å². The smallest absolute Gasteiger partial charge is 0.293 e. The van der Waals surface area contributed by atoms with E-state index in [1.807, 2.05) is 24.3 Å². The Morgan fingerprint density at radius 2 is 1.90 bits per heavy atom. The zero-order valence-corrected chi connectivity index (χ0v) is 17.7. The zero-order valence-electron chi connectivity index (χ0n) is 15.3. The minimum absolute atomic E-state index is 0.0366. The highest BCUT2D eigenvalue weighted by molar-refractivity contribution is 9.10. The predicted molar refractivity (Wildman–Crippen MR) is 116 cm³/mol. The highest BCUT2D eigenvalue weighted by Gasteiger charge is 2.35. The van der Waals surface area contributed by atoms with E-state index < -0.39 is 16.1 Å². The Morgan fingerprint density at radius 1 is 1.10 bits per heavy atom. The highest BCUT2D eigenvalue weighted by Crippen LogP contribution is 2.34. The number of nitrogens with zero attached hydrogens (tertiary/aromatic N) is 2. The van der Waals surface area contributed by atoms with E-state index in [1.54, 1.807) is 18.2 Å². The molecule has 1 fully saturated rings. The topological polar surface area (TPSA) is 93.7 Å². The summed E-state index contributed by atoms with van der Waals surface area (Å²) < 4.78 is 6.72. The van der Waals surface area contributed by atoms with Crippen LogP contribution < -0.4 is 0 Å². The first kappa shape index (κ1) is 20.1. The van der Waals surface area contributed by atoms with Gasteiger partial charge in [-0.2, -0.15) is 0 Å². The minimum Gasteiger partial charge on any atom is -0.457 e. The van der Waals surface area contributed by atoms with Gasteiger partial charge in [-0.1, -0.05) is 40.2 Å². The van der Waals surface area contributed by atoms with Crippen LogP contribution in [-0.4, -0.2) is 21.0 Å². The lowest BCUT2D eigenvalue weighted by Gasteiger charge is -2.12. The molecule has 0 spiro atoms. The van der Waals surface area contributed by atoms with E-state index in [4.69, 9.17) is 4.42 Å². The van der Waals surface area contributed by atoms with E-state index in [0.29, 0.717) is 17.1 Å². The summed E-state index contributed by atoms with van der Waals surface area (Å²) in [5.74, 6) is 0.626. The third kappa shape index (κ3) is 4.22. The molecule has 1 saturated heterocycles. The van der Waals surface area contributed by atoms with Gasteiger partial charge in [0, 0.05) is 28.2 Å². The quantitative estimate of drug-likeness (QED) is 0.256. The normalized spacial score (nSPS) is 15.2.